The quantitative estimate of drug-likeness (QED) is 0.718. The molecule has 4 nitrogen and oxygen atoms in total. The van der Waals surface area contributed by atoms with Crippen LogP contribution in [-0.4, -0.2) is 19.1 Å². The van der Waals surface area contributed by atoms with Crippen LogP contribution in [0, 0.1) is 0 Å². The first-order valence-electron chi connectivity index (χ1n) is 6.83. The van der Waals surface area contributed by atoms with Gasteiger partial charge in [0.1, 0.15) is 0 Å². The Kier molecular flexibility index (Phi) is 3.36. The van der Waals surface area contributed by atoms with Crippen molar-refractivity contribution in [2.75, 3.05) is 30.0 Å². The molecule has 1 heterocycles. The van der Waals surface area contributed by atoms with Crippen LogP contribution >= 0.6 is 0 Å². The van der Waals surface area contributed by atoms with Crippen LogP contribution < -0.4 is 16.0 Å². The predicted octanol–water partition coefficient (Wildman–Crippen LogP) is 3.63. The first-order chi connectivity index (χ1) is 10.1. The van der Waals surface area contributed by atoms with Crippen LogP contribution in [0.4, 0.5) is 22.7 Å². The molecule has 0 unspecified atom stereocenters. The number of fused-ring (bicyclic) bond motifs is 1. The molecule has 3 aromatic rings. The first-order valence-corrected chi connectivity index (χ1v) is 6.83. The van der Waals surface area contributed by atoms with E-state index in [-0.39, 0.29) is 0 Å². The van der Waals surface area contributed by atoms with Gasteiger partial charge >= 0.3 is 0 Å². The number of aromatic nitrogens is 1. The molecule has 1 aromatic heterocycles. The Balaban J connectivity index is 1.96. The molecule has 0 aliphatic heterocycles. The zero-order valence-corrected chi connectivity index (χ0v) is 12.2. The number of nitrogens with zero attached hydrogens (tertiary/aromatic N) is 2. The molecule has 0 saturated carbocycles. The summed E-state index contributed by atoms with van der Waals surface area (Å²) in [5.74, 6) is 0. The Morgan fingerprint density at radius 1 is 1.00 bits per heavy atom. The highest BCUT2D eigenvalue weighted by Crippen LogP contribution is 2.29. The summed E-state index contributed by atoms with van der Waals surface area (Å²) < 4.78 is 0. The van der Waals surface area contributed by atoms with Crippen molar-refractivity contribution in [1.29, 1.82) is 0 Å². The number of hydrogen-bond donors (Lipinski definition) is 2. The van der Waals surface area contributed by atoms with E-state index >= 15 is 0 Å². The Morgan fingerprint density at radius 3 is 2.48 bits per heavy atom. The van der Waals surface area contributed by atoms with E-state index in [2.05, 4.69) is 39.5 Å². The van der Waals surface area contributed by atoms with E-state index < -0.39 is 0 Å². The first kappa shape index (κ1) is 13.2. The highest BCUT2D eigenvalue weighted by atomic mass is 15.1. The van der Waals surface area contributed by atoms with Gasteiger partial charge in [-0.1, -0.05) is 0 Å². The number of rotatable bonds is 3. The number of anilines is 4. The fraction of sp³-hybridized carbons (Fsp3) is 0.118. The third-order valence-electron chi connectivity index (χ3n) is 3.46. The zero-order valence-electron chi connectivity index (χ0n) is 12.2. The summed E-state index contributed by atoms with van der Waals surface area (Å²) in [6.07, 6.45) is 1.76. The van der Waals surface area contributed by atoms with E-state index in [1.807, 2.05) is 38.4 Å². The van der Waals surface area contributed by atoms with E-state index in [9.17, 15) is 0 Å². The average molecular weight is 278 g/mol. The second kappa shape index (κ2) is 5.32. The maximum atomic E-state index is 5.98. The largest absolute Gasteiger partial charge is 0.397 e. The average Bonchev–Trinajstić information content (AvgIpc) is 2.51. The van der Waals surface area contributed by atoms with Gasteiger partial charge in [0.05, 0.1) is 11.2 Å². The van der Waals surface area contributed by atoms with Crippen LogP contribution in [0.15, 0.2) is 54.7 Å². The molecule has 0 atom stereocenters. The van der Waals surface area contributed by atoms with Crippen LogP contribution in [0.2, 0.25) is 0 Å². The van der Waals surface area contributed by atoms with Crippen molar-refractivity contribution in [3.05, 3.63) is 54.7 Å². The topological polar surface area (TPSA) is 54.2 Å². The molecule has 0 radical (unpaired) electrons. The Labute approximate surface area is 124 Å². The van der Waals surface area contributed by atoms with Crippen LogP contribution in [0.3, 0.4) is 0 Å². The van der Waals surface area contributed by atoms with Gasteiger partial charge in [0.15, 0.2) is 0 Å². The van der Waals surface area contributed by atoms with Crippen LogP contribution in [0.1, 0.15) is 0 Å². The molecule has 21 heavy (non-hydrogen) atoms. The van der Waals surface area contributed by atoms with Crippen molar-refractivity contribution >= 4 is 33.7 Å². The van der Waals surface area contributed by atoms with E-state index in [4.69, 9.17) is 5.73 Å². The SMILES string of the molecule is CN(C)c1ccc(Nc2ccc(N)c3ncccc23)cc1. The molecule has 0 aliphatic rings. The molecular weight excluding hydrogens is 260 g/mol. The van der Waals surface area contributed by atoms with Gasteiger partial charge in [-0.15, -0.1) is 0 Å². The lowest BCUT2D eigenvalue weighted by atomic mass is 10.1. The highest BCUT2D eigenvalue weighted by molar-refractivity contribution is 5.99. The van der Waals surface area contributed by atoms with Crippen LogP contribution in [0.25, 0.3) is 10.9 Å². The summed E-state index contributed by atoms with van der Waals surface area (Å²) in [5, 5.41) is 4.45. The lowest BCUT2D eigenvalue weighted by molar-refractivity contribution is 1.13. The van der Waals surface area contributed by atoms with Gasteiger partial charge in [-0.2, -0.15) is 0 Å². The third kappa shape index (κ3) is 2.60. The Bertz CT molecular complexity index is 763. The minimum atomic E-state index is 0.694. The van der Waals surface area contributed by atoms with E-state index in [0.29, 0.717) is 5.69 Å². The minimum absolute atomic E-state index is 0.694. The number of nitrogens with one attached hydrogen (secondary N) is 1. The molecule has 0 amide bonds. The number of nitrogens with two attached hydrogens (primary N) is 1. The summed E-state index contributed by atoms with van der Waals surface area (Å²) in [6.45, 7) is 0. The summed E-state index contributed by atoms with van der Waals surface area (Å²) in [4.78, 5) is 6.42. The molecule has 0 aliphatic carbocycles. The Morgan fingerprint density at radius 2 is 1.76 bits per heavy atom. The van der Waals surface area contributed by atoms with E-state index in [1.165, 1.54) is 5.69 Å². The lowest BCUT2D eigenvalue weighted by Crippen LogP contribution is -2.08. The summed E-state index contributed by atoms with van der Waals surface area (Å²) >= 11 is 0. The van der Waals surface area contributed by atoms with Crippen molar-refractivity contribution < 1.29 is 0 Å². The van der Waals surface area contributed by atoms with Crippen molar-refractivity contribution in [3.63, 3.8) is 0 Å². The number of pyridine rings is 1. The van der Waals surface area contributed by atoms with Crippen molar-refractivity contribution in [1.82, 2.24) is 4.98 Å². The number of nitrogen functional groups attached to an aromatic ring is 1. The van der Waals surface area contributed by atoms with Crippen LogP contribution in [-0.2, 0) is 0 Å². The molecule has 3 rings (SSSR count). The van der Waals surface area contributed by atoms with Gasteiger partial charge in [-0.05, 0) is 48.5 Å². The van der Waals surface area contributed by atoms with Gasteiger partial charge in [-0.3, -0.25) is 4.98 Å². The normalized spacial score (nSPS) is 10.6. The zero-order chi connectivity index (χ0) is 14.8. The molecule has 0 spiro atoms. The fourth-order valence-corrected chi connectivity index (χ4v) is 2.30. The maximum Gasteiger partial charge on any atom is 0.0951 e. The van der Waals surface area contributed by atoms with Crippen molar-refractivity contribution in [3.8, 4) is 0 Å². The van der Waals surface area contributed by atoms with Gasteiger partial charge in [0.2, 0.25) is 0 Å². The summed E-state index contributed by atoms with van der Waals surface area (Å²) in [5.41, 5.74) is 10.7. The van der Waals surface area contributed by atoms with E-state index in [1.54, 1.807) is 6.20 Å². The number of hydrogen-bond acceptors (Lipinski definition) is 4. The molecule has 2 aromatic carbocycles. The summed E-state index contributed by atoms with van der Waals surface area (Å²) in [6, 6.07) is 16.1. The number of benzene rings is 2. The maximum absolute atomic E-state index is 5.98. The van der Waals surface area contributed by atoms with Gasteiger partial charge in [-0.25, -0.2) is 0 Å². The van der Waals surface area contributed by atoms with Gasteiger partial charge in [0.25, 0.3) is 0 Å². The Hall–Kier alpha value is -2.75. The molecular formula is C17H18N4. The molecule has 3 N–H and O–H groups in total. The monoisotopic (exact) mass is 278 g/mol. The standard InChI is InChI=1S/C17H18N4/c1-21(2)13-7-5-12(6-8-13)20-16-10-9-15(18)17-14(16)4-3-11-19-17/h3-11,20H,18H2,1-2H3. The molecule has 0 fully saturated rings. The molecule has 0 saturated heterocycles. The minimum Gasteiger partial charge on any atom is -0.397 e. The second-order valence-electron chi connectivity index (χ2n) is 5.17. The van der Waals surface area contributed by atoms with Crippen LogP contribution in [0.5, 0.6) is 0 Å². The second-order valence-corrected chi connectivity index (χ2v) is 5.17. The summed E-state index contributed by atoms with van der Waals surface area (Å²) in [7, 11) is 4.06. The lowest BCUT2D eigenvalue weighted by Gasteiger charge is -2.14. The smallest absolute Gasteiger partial charge is 0.0951 e. The fourth-order valence-electron chi connectivity index (χ4n) is 2.30. The molecule has 0 bridgehead atoms. The van der Waals surface area contributed by atoms with Gasteiger partial charge < -0.3 is 16.0 Å². The van der Waals surface area contributed by atoms with E-state index in [0.717, 1.165) is 22.3 Å². The van der Waals surface area contributed by atoms with Gasteiger partial charge in [0, 0.05) is 42.7 Å². The predicted molar refractivity (Wildman–Crippen MR) is 90.2 cm³/mol. The molecule has 106 valence electrons. The van der Waals surface area contributed by atoms with Crippen molar-refractivity contribution in [2.24, 2.45) is 0 Å². The molecule has 4 heteroatoms. The third-order valence-corrected chi connectivity index (χ3v) is 3.46. The van der Waals surface area contributed by atoms with Crippen molar-refractivity contribution in [2.45, 2.75) is 0 Å². The highest BCUT2D eigenvalue weighted by Gasteiger charge is 2.05.